The topological polar surface area (TPSA) is 109 Å². The van der Waals surface area contributed by atoms with Crippen LogP contribution in [-0.4, -0.2) is 19.5 Å². The molecule has 31 heavy (non-hydrogen) atoms. The Morgan fingerprint density at radius 2 is 1.81 bits per heavy atom. The number of carbonyl (C=O) groups is 1. The van der Waals surface area contributed by atoms with E-state index in [1.54, 1.807) is 12.1 Å². The standard InChI is InChI=1S/C23H20N2O4S2/c1-14(17-9-4-7-15-6-2-3-8-18(15)17)25-19-12-16(23(26)27)13-21(31(24,28)29)22(19)20-10-5-11-30-20/h2-14,25H,1H3,(H,26,27)(H2,24,28,29). The predicted molar refractivity (Wildman–Crippen MR) is 124 cm³/mol. The van der Waals surface area contributed by atoms with Gasteiger partial charge in [0.2, 0.25) is 10.0 Å². The molecule has 1 unspecified atom stereocenters. The van der Waals surface area contributed by atoms with Crippen molar-refractivity contribution in [3.63, 3.8) is 0 Å². The predicted octanol–water partition coefficient (Wildman–Crippen LogP) is 5.09. The second-order valence-corrected chi connectivity index (χ2v) is 9.64. The van der Waals surface area contributed by atoms with Gasteiger partial charge < -0.3 is 10.4 Å². The molecule has 0 aliphatic heterocycles. The number of carboxylic acids is 1. The third kappa shape index (κ3) is 4.18. The van der Waals surface area contributed by atoms with Gasteiger partial charge in [-0.1, -0.05) is 48.5 Å². The van der Waals surface area contributed by atoms with E-state index in [1.807, 2.05) is 54.8 Å². The highest BCUT2D eigenvalue weighted by Crippen LogP contribution is 2.40. The number of thiophene rings is 1. The van der Waals surface area contributed by atoms with E-state index < -0.39 is 16.0 Å². The van der Waals surface area contributed by atoms with Gasteiger partial charge in [0.05, 0.1) is 10.5 Å². The van der Waals surface area contributed by atoms with Crippen molar-refractivity contribution in [1.29, 1.82) is 0 Å². The lowest BCUT2D eigenvalue weighted by Crippen LogP contribution is -2.17. The largest absolute Gasteiger partial charge is 0.478 e. The molecule has 0 saturated heterocycles. The fourth-order valence-corrected chi connectivity index (χ4v) is 5.35. The number of hydrogen-bond acceptors (Lipinski definition) is 5. The smallest absolute Gasteiger partial charge is 0.335 e. The number of primary sulfonamides is 1. The lowest BCUT2D eigenvalue weighted by Gasteiger charge is -2.22. The molecular formula is C23H20N2O4S2. The molecule has 1 heterocycles. The van der Waals surface area contributed by atoms with Gasteiger partial charge in [-0.2, -0.15) is 0 Å². The number of fused-ring (bicyclic) bond motifs is 1. The van der Waals surface area contributed by atoms with E-state index in [9.17, 15) is 18.3 Å². The van der Waals surface area contributed by atoms with Crippen molar-refractivity contribution in [3.8, 4) is 10.4 Å². The van der Waals surface area contributed by atoms with E-state index in [-0.39, 0.29) is 16.5 Å². The lowest BCUT2D eigenvalue weighted by molar-refractivity contribution is 0.0696. The minimum atomic E-state index is -4.17. The van der Waals surface area contributed by atoms with Crippen LogP contribution in [0.4, 0.5) is 5.69 Å². The van der Waals surface area contributed by atoms with Crippen molar-refractivity contribution < 1.29 is 18.3 Å². The molecule has 3 aromatic carbocycles. The van der Waals surface area contributed by atoms with Gasteiger partial charge >= 0.3 is 5.97 Å². The summed E-state index contributed by atoms with van der Waals surface area (Å²) in [5.74, 6) is -1.23. The SMILES string of the molecule is CC(Nc1cc(C(=O)O)cc(S(N)(=O)=O)c1-c1cccs1)c1cccc2ccccc12. The quantitative estimate of drug-likeness (QED) is 0.378. The molecule has 1 atom stereocenters. The number of aromatic carboxylic acids is 1. The highest BCUT2D eigenvalue weighted by atomic mass is 32.2. The molecule has 0 fully saturated rings. The van der Waals surface area contributed by atoms with Gasteiger partial charge in [0, 0.05) is 22.2 Å². The Kier molecular flexibility index (Phi) is 5.53. The number of hydrogen-bond donors (Lipinski definition) is 3. The summed E-state index contributed by atoms with van der Waals surface area (Å²) in [5, 5.41) is 22.3. The minimum Gasteiger partial charge on any atom is -0.478 e. The zero-order chi connectivity index (χ0) is 22.2. The van der Waals surface area contributed by atoms with Crippen LogP contribution in [0.25, 0.3) is 21.2 Å². The van der Waals surface area contributed by atoms with E-state index in [0.717, 1.165) is 22.4 Å². The van der Waals surface area contributed by atoms with Crippen molar-refractivity contribution in [1.82, 2.24) is 0 Å². The van der Waals surface area contributed by atoms with Crippen LogP contribution >= 0.6 is 11.3 Å². The molecule has 0 amide bonds. The molecule has 4 N–H and O–H groups in total. The maximum absolute atomic E-state index is 12.4. The van der Waals surface area contributed by atoms with Crippen LogP contribution in [0.2, 0.25) is 0 Å². The Hall–Kier alpha value is -3.20. The Morgan fingerprint density at radius 3 is 2.48 bits per heavy atom. The summed E-state index contributed by atoms with van der Waals surface area (Å²) in [4.78, 5) is 12.2. The molecule has 0 radical (unpaired) electrons. The van der Waals surface area contributed by atoms with E-state index in [0.29, 0.717) is 16.1 Å². The number of sulfonamides is 1. The Balaban J connectivity index is 1.91. The summed E-state index contributed by atoms with van der Waals surface area (Å²) >= 11 is 1.35. The minimum absolute atomic E-state index is 0.156. The van der Waals surface area contributed by atoms with Gasteiger partial charge in [0.15, 0.2) is 0 Å². The second-order valence-electron chi connectivity index (χ2n) is 7.16. The zero-order valence-corrected chi connectivity index (χ0v) is 18.2. The fraction of sp³-hybridized carbons (Fsp3) is 0.0870. The highest BCUT2D eigenvalue weighted by Gasteiger charge is 2.24. The number of rotatable bonds is 6. The van der Waals surface area contributed by atoms with E-state index >= 15 is 0 Å². The Bertz CT molecular complexity index is 1370. The normalized spacial score (nSPS) is 12.6. The van der Waals surface area contributed by atoms with Gasteiger partial charge in [-0.15, -0.1) is 11.3 Å². The van der Waals surface area contributed by atoms with Crippen LogP contribution in [-0.2, 0) is 10.0 Å². The number of benzene rings is 3. The summed E-state index contributed by atoms with van der Waals surface area (Å²) in [6, 6.07) is 19.8. The molecule has 0 aliphatic rings. The number of nitrogens with one attached hydrogen (secondary N) is 1. The van der Waals surface area contributed by atoms with Crippen LogP contribution < -0.4 is 10.5 Å². The van der Waals surface area contributed by atoms with Crippen molar-refractivity contribution in [3.05, 3.63) is 83.2 Å². The fourth-order valence-electron chi connectivity index (χ4n) is 3.69. The molecule has 0 saturated carbocycles. The molecule has 6 nitrogen and oxygen atoms in total. The average Bonchev–Trinajstić information content (AvgIpc) is 3.26. The van der Waals surface area contributed by atoms with Crippen LogP contribution in [0.15, 0.2) is 77.0 Å². The number of carboxylic acid groups (broad SMARTS) is 1. The first kappa shape index (κ1) is 21.0. The van der Waals surface area contributed by atoms with Gasteiger partial charge in [-0.3, -0.25) is 0 Å². The summed E-state index contributed by atoms with van der Waals surface area (Å²) < 4.78 is 24.7. The summed E-state index contributed by atoms with van der Waals surface area (Å²) in [5.41, 5.74) is 1.62. The highest BCUT2D eigenvalue weighted by molar-refractivity contribution is 7.89. The number of nitrogens with two attached hydrogens (primary N) is 1. The van der Waals surface area contributed by atoms with Crippen LogP contribution in [0.1, 0.15) is 28.9 Å². The first-order chi connectivity index (χ1) is 14.8. The first-order valence-corrected chi connectivity index (χ1v) is 11.9. The summed E-state index contributed by atoms with van der Waals surface area (Å²) in [7, 11) is -4.17. The molecule has 4 rings (SSSR count). The molecule has 4 aromatic rings. The monoisotopic (exact) mass is 452 g/mol. The molecule has 0 aliphatic carbocycles. The van der Waals surface area contributed by atoms with Crippen molar-refractivity contribution in [2.45, 2.75) is 17.9 Å². The molecule has 0 spiro atoms. The lowest BCUT2D eigenvalue weighted by atomic mass is 9.98. The van der Waals surface area contributed by atoms with Gasteiger partial charge in [0.1, 0.15) is 0 Å². The molecule has 158 valence electrons. The van der Waals surface area contributed by atoms with Crippen molar-refractivity contribution >= 4 is 43.8 Å². The average molecular weight is 453 g/mol. The maximum Gasteiger partial charge on any atom is 0.335 e. The second kappa shape index (κ2) is 8.14. The Morgan fingerprint density at radius 1 is 1.06 bits per heavy atom. The third-order valence-electron chi connectivity index (χ3n) is 5.09. The van der Waals surface area contributed by atoms with Crippen molar-refractivity contribution in [2.24, 2.45) is 5.14 Å². The molecule has 1 aromatic heterocycles. The Labute approximate surface area is 184 Å². The zero-order valence-electron chi connectivity index (χ0n) is 16.6. The van der Waals surface area contributed by atoms with Crippen LogP contribution in [0.3, 0.4) is 0 Å². The molecule has 8 heteroatoms. The van der Waals surface area contributed by atoms with E-state index in [1.165, 1.54) is 17.4 Å². The first-order valence-electron chi connectivity index (χ1n) is 9.48. The number of anilines is 1. The third-order valence-corrected chi connectivity index (χ3v) is 6.91. The van der Waals surface area contributed by atoms with Crippen LogP contribution in [0.5, 0.6) is 0 Å². The van der Waals surface area contributed by atoms with Crippen molar-refractivity contribution in [2.75, 3.05) is 5.32 Å². The summed E-state index contributed by atoms with van der Waals surface area (Å²) in [6.45, 7) is 1.95. The van der Waals surface area contributed by atoms with Gasteiger partial charge in [-0.25, -0.2) is 18.4 Å². The molecular weight excluding hydrogens is 432 g/mol. The summed E-state index contributed by atoms with van der Waals surface area (Å²) in [6.07, 6.45) is 0. The maximum atomic E-state index is 12.4. The van der Waals surface area contributed by atoms with Gasteiger partial charge in [-0.05, 0) is 46.8 Å². The van der Waals surface area contributed by atoms with E-state index in [2.05, 4.69) is 5.32 Å². The van der Waals surface area contributed by atoms with Crippen LogP contribution in [0, 0.1) is 0 Å². The molecule has 0 bridgehead atoms. The van der Waals surface area contributed by atoms with Gasteiger partial charge in [0.25, 0.3) is 0 Å². The van der Waals surface area contributed by atoms with E-state index in [4.69, 9.17) is 5.14 Å².